The molecule has 0 aliphatic rings. The second kappa shape index (κ2) is 7.01. The number of rotatable bonds is 7. The van der Waals surface area contributed by atoms with Gasteiger partial charge in [-0.1, -0.05) is 0 Å². The molecule has 1 heterocycles. The summed E-state index contributed by atoms with van der Waals surface area (Å²) in [7, 11) is 0. The van der Waals surface area contributed by atoms with E-state index in [1.807, 2.05) is 13.8 Å². The highest BCUT2D eigenvalue weighted by Crippen LogP contribution is 2.22. The highest BCUT2D eigenvalue weighted by atomic mass is 32.1. The topological polar surface area (TPSA) is 44.5 Å². The van der Waals surface area contributed by atoms with Gasteiger partial charge in [-0.25, -0.2) is 0 Å². The van der Waals surface area contributed by atoms with Crippen LogP contribution in [0.2, 0.25) is 0 Å². The van der Waals surface area contributed by atoms with Crippen molar-refractivity contribution in [2.45, 2.75) is 40.0 Å². The minimum Gasteiger partial charge on any atom is -0.379 e. The molecule has 1 aromatic heterocycles. The first kappa shape index (κ1) is 13.6. The molecule has 1 unspecified atom stereocenters. The van der Waals surface area contributed by atoms with Crippen LogP contribution in [-0.2, 0) is 22.6 Å². The van der Waals surface area contributed by atoms with Crippen LogP contribution in [0.25, 0.3) is 0 Å². The minimum atomic E-state index is 0.139. The monoisotopic (exact) mass is 243 g/mol. The van der Waals surface area contributed by atoms with Gasteiger partial charge in [0, 0.05) is 22.9 Å². The fourth-order valence-corrected chi connectivity index (χ4v) is 2.32. The van der Waals surface area contributed by atoms with Gasteiger partial charge in [0.1, 0.15) is 0 Å². The first-order chi connectivity index (χ1) is 7.67. The molecular weight excluding hydrogens is 222 g/mol. The fraction of sp³-hybridized carbons (Fsp3) is 0.667. The van der Waals surface area contributed by atoms with Gasteiger partial charge in [-0.05, 0) is 32.4 Å². The summed E-state index contributed by atoms with van der Waals surface area (Å²) in [5.41, 5.74) is 6.85. The zero-order valence-electron chi connectivity index (χ0n) is 10.3. The average Bonchev–Trinajstić information content (AvgIpc) is 2.64. The van der Waals surface area contributed by atoms with Crippen LogP contribution < -0.4 is 5.73 Å². The lowest BCUT2D eigenvalue weighted by Crippen LogP contribution is -2.15. The first-order valence-electron chi connectivity index (χ1n) is 5.65. The Morgan fingerprint density at radius 3 is 2.81 bits per heavy atom. The molecule has 0 aliphatic heterocycles. The minimum absolute atomic E-state index is 0.139. The van der Waals surface area contributed by atoms with E-state index in [-0.39, 0.29) is 6.10 Å². The van der Waals surface area contributed by atoms with Crippen LogP contribution in [0, 0.1) is 6.92 Å². The van der Waals surface area contributed by atoms with Gasteiger partial charge in [0.25, 0.3) is 0 Å². The lowest BCUT2D eigenvalue weighted by Gasteiger charge is -2.12. The van der Waals surface area contributed by atoms with Gasteiger partial charge in [0.05, 0.1) is 19.3 Å². The van der Waals surface area contributed by atoms with Crippen molar-refractivity contribution in [1.29, 1.82) is 0 Å². The smallest absolute Gasteiger partial charge is 0.0785 e. The Morgan fingerprint density at radius 1 is 1.50 bits per heavy atom. The Balaban J connectivity index is 2.38. The summed E-state index contributed by atoms with van der Waals surface area (Å²) in [4.78, 5) is 2.51. The second-order valence-corrected chi connectivity index (χ2v) is 5.12. The third kappa shape index (κ3) is 4.22. The van der Waals surface area contributed by atoms with Gasteiger partial charge in [0.15, 0.2) is 0 Å². The molecule has 4 heteroatoms. The predicted octanol–water partition coefficient (Wildman–Crippen LogP) is 2.46. The number of hydrogen-bond acceptors (Lipinski definition) is 4. The molecule has 3 nitrogen and oxygen atoms in total. The lowest BCUT2D eigenvalue weighted by molar-refractivity contribution is -0.0117. The van der Waals surface area contributed by atoms with Crippen molar-refractivity contribution in [1.82, 2.24) is 0 Å². The van der Waals surface area contributed by atoms with Gasteiger partial charge in [-0.2, -0.15) is 0 Å². The molecule has 2 N–H and O–H groups in total. The van der Waals surface area contributed by atoms with E-state index in [1.54, 1.807) is 11.3 Å². The van der Waals surface area contributed by atoms with E-state index in [2.05, 4.69) is 13.0 Å². The summed E-state index contributed by atoms with van der Waals surface area (Å²) in [5.74, 6) is 0. The number of ether oxygens (including phenoxy) is 2. The zero-order valence-corrected chi connectivity index (χ0v) is 11.1. The van der Waals surface area contributed by atoms with Crippen molar-refractivity contribution in [3.05, 3.63) is 21.4 Å². The maximum absolute atomic E-state index is 5.71. The Labute approximate surface area is 102 Å². The van der Waals surface area contributed by atoms with E-state index in [0.29, 0.717) is 19.8 Å². The molecule has 0 amide bonds. The number of hydrogen-bond donors (Lipinski definition) is 1. The molecule has 0 spiro atoms. The lowest BCUT2D eigenvalue weighted by atomic mass is 10.2. The van der Waals surface area contributed by atoms with Crippen LogP contribution in [0.15, 0.2) is 6.07 Å². The summed E-state index contributed by atoms with van der Waals surface area (Å²) in [6.45, 7) is 8.78. The van der Waals surface area contributed by atoms with Crippen LogP contribution in [0.1, 0.15) is 29.2 Å². The van der Waals surface area contributed by atoms with E-state index in [1.165, 1.54) is 15.3 Å². The predicted molar refractivity (Wildman–Crippen MR) is 67.7 cm³/mol. The number of nitrogens with two attached hydrogens (primary N) is 1. The largest absolute Gasteiger partial charge is 0.379 e. The van der Waals surface area contributed by atoms with E-state index in [9.17, 15) is 0 Å². The quantitative estimate of drug-likeness (QED) is 0.800. The molecule has 0 aromatic carbocycles. The van der Waals surface area contributed by atoms with Gasteiger partial charge in [-0.3, -0.25) is 0 Å². The van der Waals surface area contributed by atoms with Crippen LogP contribution in [0.3, 0.4) is 0 Å². The van der Waals surface area contributed by atoms with Crippen molar-refractivity contribution in [3.63, 3.8) is 0 Å². The first-order valence-corrected chi connectivity index (χ1v) is 6.46. The zero-order chi connectivity index (χ0) is 12.0. The molecule has 1 atom stereocenters. The highest BCUT2D eigenvalue weighted by molar-refractivity contribution is 7.12. The van der Waals surface area contributed by atoms with E-state index in [0.717, 1.165) is 6.61 Å². The molecule has 1 rings (SSSR count). The molecule has 16 heavy (non-hydrogen) atoms. The van der Waals surface area contributed by atoms with E-state index < -0.39 is 0 Å². The van der Waals surface area contributed by atoms with E-state index >= 15 is 0 Å². The highest BCUT2D eigenvalue weighted by Gasteiger charge is 2.07. The van der Waals surface area contributed by atoms with Crippen molar-refractivity contribution in [2.75, 3.05) is 13.2 Å². The van der Waals surface area contributed by atoms with Crippen LogP contribution in [0.4, 0.5) is 0 Å². The molecule has 0 saturated heterocycles. The SMILES string of the molecule is CCOCC(C)OCc1cc(CN)sc1C. The molecule has 92 valence electrons. The van der Waals surface area contributed by atoms with Crippen molar-refractivity contribution < 1.29 is 9.47 Å². The van der Waals surface area contributed by atoms with E-state index in [4.69, 9.17) is 15.2 Å². The van der Waals surface area contributed by atoms with Crippen molar-refractivity contribution in [3.8, 4) is 0 Å². The summed E-state index contributed by atoms with van der Waals surface area (Å²) < 4.78 is 11.0. The third-order valence-electron chi connectivity index (χ3n) is 2.35. The van der Waals surface area contributed by atoms with Crippen LogP contribution in [0.5, 0.6) is 0 Å². The number of aryl methyl sites for hydroxylation is 1. The van der Waals surface area contributed by atoms with Gasteiger partial charge in [0.2, 0.25) is 0 Å². The third-order valence-corrected chi connectivity index (χ3v) is 3.47. The Hall–Kier alpha value is -0.420. The number of thiophene rings is 1. The standard InChI is InChI=1S/C12H21NO2S/c1-4-14-7-9(2)15-8-11-5-12(6-13)16-10(11)3/h5,9H,4,6-8,13H2,1-3H3. The van der Waals surface area contributed by atoms with Crippen molar-refractivity contribution in [2.24, 2.45) is 5.73 Å². The maximum atomic E-state index is 5.71. The molecule has 0 aliphatic carbocycles. The molecule has 1 aromatic rings. The molecule has 0 saturated carbocycles. The van der Waals surface area contributed by atoms with Crippen molar-refractivity contribution >= 4 is 11.3 Å². The Kier molecular flexibility index (Phi) is 5.98. The van der Waals surface area contributed by atoms with Gasteiger partial charge in [-0.15, -0.1) is 11.3 Å². The Morgan fingerprint density at radius 2 is 2.25 bits per heavy atom. The normalized spacial score (nSPS) is 13.0. The maximum Gasteiger partial charge on any atom is 0.0785 e. The van der Waals surface area contributed by atoms with Gasteiger partial charge < -0.3 is 15.2 Å². The van der Waals surface area contributed by atoms with Crippen LogP contribution >= 0.6 is 11.3 Å². The molecule has 0 bridgehead atoms. The van der Waals surface area contributed by atoms with Crippen LogP contribution in [-0.4, -0.2) is 19.3 Å². The molecule has 0 radical (unpaired) electrons. The summed E-state index contributed by atoms with van der Waals surface area (Å²) >= 11 is 1.75. The molecule has 0 fully saturated rings. The summed E-state index contributed by atoms with van der Waals surface area (Å²) in [6, 6.07) is 2.13. The fourth-order valence-electron chi connectivity index (χ4n) is 1.40. The second-order valence-electron chi connectivity index (χ2n) is 3.78. The summed E-state index contributed by atoms with van der Waals surface area (Å²) in [6.07, 6.45) is 0.139. The Bertz CT molecular complexity index is 312. The molecular formula is C12H21NO2S. The average molecular weight is 243 g/mol. The van der Waals surface area contributed by atoms with Gasteiger partial charge >= 0.3 is 0 Å². The summed E-state index contributed by atoms with van der Waals surface area (Å²) in [5, 5.41) is 0.